The summed E-state index contributed by atoms with van der Waals surface area (Å²) in [5.74, 6) is 2.75. The highest BCUT2D eigenvalue weighted by atomic mass is 16.6. The number of allylic oxidation sites excluding steroid dienone is 4. The van der Waals surface area contributed by atoms with Crippen molar-refractivity contribution in [2.45, 2.75) is 116 Å². The molecule has 0 aliphatic heterocycles. The number of aliphatic hydroxyl groups is 2. The standard InChI is InChI=1S/C43H57NO5/c1-4-49-37(47)44(26-40-21-28-18-29(22-40)20-30(19-28)23-40)27-42(48)15-12-35-39(42,3)14-11-34-38(2)13-10-32(45)24-41(38)16-17-43(34,35)33(25-41)36(46)31-8-6-5-7-9-31/h5-9,16-17,25,28-30,32,34-35,45,48H,4,10-15,18-24,26-27H2,1-3H3. The molecule has 2 spiro atoms. The predicted octanol–water partition coefficient (Wildman–Crippen LogP) is 8.14. The molecule has 6 nitrogen and oxygen atoms in total. The van der Waals surface area contributed by atoms with E-state index in [9.17, 15) is 19.8 Å². The first-order valence-corrected chi connectivity index (χ1v) is 19.7. The predicted molar refractivity (Wildman–Crippen MR) is 189 cm³/mol. The number of fused-ring (bicyclic) bond motifs is 1. The van der Waals surface area contributed by atoms with Crippen LogP contribution in [-0.2, 0) is 4.74 Å². The molecule has 1 aromatic carbocycles. The highest BCUT2D eigenvalue weighted by Gasteiger charge is 2.74. The number of nitrogens with zero attached hydrogens (tertiary/aromatic N) is 1. The lowest BCUT2D eigenvalue weighted by molar-refractivity contribution is -0.177. The monoisotopic (exact) mass is 667 g/mol. The summed E-state index contributed by atoms with van der Waals surface area (Å²) in [7, 11) is 0. The Hall–Kier alpha value is -2.44. The number of hydrogen-bond acceptors (Lipinski definition) is 5. The van der Waals surface area contributed by atoms with Crippen LogP contribution in [0.4, 0.5) is 4.79 Å². The molecule has 7 fully saturated rings. The molecular weight excluding hydrogens is 610 g/mol. The van der Waals surface area contributed by atoms with E-state index in [1.165, 1.54) is 38.5 Å². The van der Waals surface area contributed by atoms with Gasteiger partial charge in [0, 0.05) is 33.9 Å². The summed E-state index contributed by atoms with van der Waals surface area (Å²) in [4.78, 5) is 30.5. The topological polar surface area (TPSA) is 87.1 Å². The molecule has 10 aliphatic rings. The third kappa shape index (κ3) is 4.38. The number of aliphatic hydroxyl groups excluding tert-OH is 1. The molecule has 6 bridgehead atoms. The van der Waals surface area contributed by atoms with E-state index in [2.05, 4.69) is 32.1 Å². The number of benzene rings is 1. The fraction of sp³-hybridized carbons (Fsp3) is 0.721. The Bertz CT molecular complexity index is 1560. The number of amides is 1. The smallest absolute Gasteiger partial charge is 0.409 e. The fourth-order valence-electron chi connectivity index (χ4n) is 14.9. The molecule has 2 N–H and O–H groups in total. The van der Waals surface area contributed by atoms with Gasteiger partial charge in [0.25, 0.3) is 0 Å². The normalized spacial score (nSPS) is 48.4. The van der Waals surface area contributed by atoms with Crippen LogP contribution in [0.25, 0.3) is 0 Å². The minimum absolute atomic E-state index is 0.0597. The minimum atomic E-state index is -1.09. The number of ether oxygens (including phenoxy) is 1. The number of rotatable bonds is 7. The summed E-state index contributed by atoms with van der Waals surface area (Å²) in [5, 5.41) is 24.1. The zero-order valence-corrected chi connectivity index (χ0v) is 30.0. The maximum atomic E-state index is 14.7. The Labute approximate surface area is 292 Å². The molecule has 11 rings (SSSR count). The Kier molecular flexibility index (Phi) is 7.15. The quantitative estimate of drug-likeness (QED) is 0.227. The van der Waals surface area contributed by atoms with Gasteiger partial charge in [0.15, 0.2) is 5.78 Å². The first-order valence-electron chi connectivity index (χ1n) is 19.7. The van der Waals surface area contributed by atoms with E-state index >= 15 is 0 Å². The molecule has 49 heavy (non-hydrogen) atoms. The number of Topliss-reactive ketones (excluding diaryl/α,β-unsaturated/α-hetero) is 1. The number of carbonyl (C=O) groups excluding carboxylic acids is 2. The van der Waals surface area contributed by atoms with Crippen LogP contribution in [0.3, 0.4) is 0 Å². The highest BCUT2D eigenvalue weighted by Crippen LogP contribution is 2.78. The summed E-state index contributed by atoms with van der Waals surface area (Å²) in [5.41, 5.74) is -0.760. The van der Waals surface area contributed by atoms with Crippen LogP contribution in [0.2, 0.25) is 0 Å². The van der Waals surface area contributed by atoms with Crippen molar-refractivity contribution < 1.29 is 24.5 Å². The fourth-order valence-corrected chi connectivity index (χ4v) is 14.9. The molecule has 10 aliphatic carbocycles. The van der Waals surface area contributed by atoms with Gasteiger partial charge in [-0.3, -0.25) is 4.79 Å². The van der Waals surface area contributed by atoms with Crippen LogP contribution >= 0.6 is 0 Å². The van der Waals surface area contributed by atoms with Crippen LogP contribution in [0.15, 0.2) is 54.1 Å². The number of ketones is 1. The van der Waals surface area contributed by atoms with Gasteiger partial charge in [-0.2, -0.15) is 0 Å². The second-order valence-corrected chi connectivity index (χ2v) is 19.0. The Morgan fingerprint density at radius 3 is 2.14 bits per heavy atom. The summed E-state index contributed by atoms with van der Waals surface area (Å²) < 4.78 is 5.74. The molecule has 264 valence electrons. The van der Waals surface area contributed by atoms with Crippen molar-refractivity contribution in [3.63, 3.8) is 0 Å². The zero-order chi connectivity index (χ0) is 34.0. The van der Waals surface area contributed by atoms with Crippen molar-refractivity contribution in [3.05, 3.63) is 59.7 Å². The maximum absolute atomic E-state index is 14.7. The van der Waals surface area contributed by atoms with Crippen LogP contribution in [0, 0.1) is 56.7 Å². The third-order valence-corrected chi connectivity index (χ3v) is 16.7. The molecule has 1 aromatic rings. The highest BCUT2D eigenvalue weighted by molar-refractivity contribution is 6.10. The van der Waals surface area contributed by atoms with Gasteiger partial charge in [-0.25, -0.2) is 4.79 Å². The lowest BCUT2D eigenvalue weighted by Crippen LogP contribution is -2.67. The maximum Gasteiger partial charge on any atom is 0.409 e. The lowest BCUT2D eigenvalue weighted by atomic mass is 9.32. The van der Waals surface area contributed by atoms with Crippen LogP contribution in [-0.4, -0.2) is 58.4 Å². The molecular formula is C43H57NO5. The molecule has 6 heteroatoms. The van der Waals surface area contributed by atoms with Crippen molar-refractivity contribution in [1.29, 1.82) is 0 Å². The Morgan fingerprint density at radius 2 is 1.47 bits per heavy atom. The molecule has 7 saturated carbocycles. The number of hydrogen-bond donors (Lipinski definition) is 2. The van der Waals surface area contributed by atoms with E-state index in [1.807, 2.05) is 42.2 Å². The average Bonchev–Trinajstić information content (AvgIpc) is 3.33. The zero-order valence-electron chi connectivity index (χ0n) is 30.0. The van der Waals surface area contributed by atoms with Gasteiger partial charge in [-0.05, 0) is 131 Å². The minimum Gasteiger partial charge on any atom is -0.450 e. The Morgan fingerprint density at radius 1 is 0.837 bits per heavy atom. The molecule has 8 atom stereocenters. The molecule has 1 amide bonds. The van der Waals surface area contributed by atoms with Gasteiger partial charge in [0.05, 0.1) is 24.9 Å². The lowest BCUT2D eigenvalue weighted by Gasteiger charge is -2.71. The van der Waals surface area contributed by atoms with Crippen molar-refractivity contribution >= 4 is 11.9 Å². The number of carbonyl (C=O) groups is 2. The summed E-state index contributed by atoms with van der Waals surface area (Å²) in [6, 6.07) is 9.71. The second kappa shape index (κ2) is 10.8. The van der Waals surface area contributed by atoms with E-state index in [-0.39, 0.29) is 46.1 Å². The van der Waals surface area contributed by atoms with Gasteiger partial charge in [0.1, 0.15) is 0 Å². The SMILES string of the molecule is CCOC(=O)N(CC12CC3CC(CC(C3)C1)C2)CC1(O)CCC2C34C=CC5(C=C3C(=O)c3ccccc3)CC(O)CCC5(C)C4CCC21C. The van der Waals surface area contributed by atoms with E-state index < -0.39 is 16.4 Å². The van der Waals surface area contributed by atoms with Gasteiger partial charge >= 0.3 is 6.09 Å². The molecule has 0 aromatic heterocycles. The third-order valence-electron chi connectivity index (χ3n) is 16.7. The molecule has 0 saturated heterocycles. The average molecular weight is 668 g/mol. The van der Waals surface area contributed by atoms with Crippen molar-refractivity contribution in [2.75, 3.05) is 19.7 Å². The van der Waals surface area contributed by atoms with Gasteiger partial charge in [-0.1, -0.05) is 62.4 Å². The largest absolute Gasteiger partial charge is 0.450 e. The van der Waals surface area contributed by atoms with Crippen molar-refractivity contribution in [1.82, 2.24) is 4.90 Å². The van der Waals surface area contributed by atoms with Crippen LogP contribution < -0.4 is 0 Å². The van der Waals surface area contributed by atoms with E-state index in [4.69, 9.17) is 4.74 Å². The van der Waals surface area contributed by atoms with E-state index in [1.54, 1.807) is 0 Å². The van der Waals surface area contributed by atoms with Gasteiger partial charge < -0.3 is 19.8 Å². The molecule has 0 radical (unpaired) electrons. The second-order valence-electron chi connectivity index (χ2n) is 19.0. The van der Waals surface area contributed by atoms with E-state index in [0.29, 0.717) is 38.1 Å². The first kappa shape index (κ1) is 32.5. The molecule has 8 unspecified atom stereocenters. The van der Waals surface area contributed by atoms with Crippen LogP contribution in [0.5, 0.6) is 0 Å². The summed E-state index contributed by atoms with van der Waals surface area (Å²) >= 11 is 0. The summed E-state index contributed by atoms with van der Waals surface area (Å²) in [6.45, 7) is 7.90. The van der Waals surface area contributed by atoms with Crippen molar-refractivity contribution in [2.24, 2.45) is 56.7 Å². The van der Waals surface area contributed by atoms with Crippen LogP contribution in [0.1, 0.15) is 115 Å². The van der Waals surface area contributed by atoms with Gasteiger partial charge in [-0.15, -0.1) is 0 Å². The Balaban J connectivity index is 1.10. The molecule has 0 heterocycles. The van der Waals surface area contributed by atoms with E-state index in [0.717, 1.165) is 55.4 Å². The summed E-state index contributed by atoms with van der Waals surface area (Å²) in [6.07, 6.45) is 19.7. The van der Waals surface area contributed by atoms with Gasteiger partial charge in [0.2, 0.25) is 0 Å². The van der Waals surface area contributed by atoms with Crippen molar-refractivity contribution in [3.8, 4) is 0 Å². The first-order chi connectivity index (χ1) is 23.4.